The number of carbonyl (C=O) groups is 2. The number of halogens is 3. The fourth-order valence-corrected chi connectivity index (χ4v) is 1.58. The third-order valence-electron chi connectivity index (χ3n) is 1.16. The van der Waals surface area contributed by atoms with E-state index in [0.29, 0.717) is 5.75 Å². The topological polar surface area (TPSA) is 66.4 Å². The number of aliphatic carboxylic acids is 1. The van der Waals surface area contributed by atoms with Gasteiger partial charge in [0.15, 0.2) is 0 Å². The molecular weight excluding hydrogens is 267 g/mol. The molecule has 94 valence electrons. The van der Waals surface area contributed by atoms with Gasteiger partial charge in [0.05, 0.1) is 11.5 Å². The number of rotatable bonds is 7. The van der Waals surface area contributed by atoms with Crippen LogP contribution < -0.4 is 5.32 Å². The van der Waals surface area contributed by atoms with E-state index in [1.807, 2.05) is 0 Å². The Kier molecular flexibility index (Phi) is 7.39. The molecule has 0 aliphatic carbocycles. The monoisotopic (exact) mass is 277 g/mol. The third kappa shape index (κ3) is 11.5. The fourth-order valence-electron chi connectivity index (χ4n) is 0.621. The number of hydrogen-bond donors (Lipinski definition) is 2. The molecule has 0 aromatic rings. The predicted octanol–water partition coefficient (Wildman–Crippen LogP) is 1.17. The van der Waals surface area contributed by atoms with E-state index in [2.05, 4.69) is 5.32 Å². The zero-order valence-corrected chi connectivity index (χ0v) is 9.68. The largest absolute Gasteiger partial charge is 0.481 e. The number of alkyl halides is 3. The quantitative estimate of drug-likeness (QED) is 0.684. The molecule has 0 aromatic carbocycles. The number of carboxylic acids is 1. The average molecular weight is 277 g/mol. The summed E-state index contributed by atoms with van der Waals surface area (Å²) in [6, 6.07) is 0. The van der Waals surface area contributed by atoms with Gasteiger partial charge in [-0.15, -0.1) is 11.8 Å². The number of thioether (sulfide) groups is 2. The summed E-state index contributed by atoms with van der Waals surface area (Å²) in [7, 11) is 0. The number of nitrogens with one attached hydrogen (secondary N) is 1. The molecule has 1 amide bonds. The number of amides is 1. The summed E-state index contributed by atoms with van der Waals surface area (Å²) in [6.45, 7) is 0.162. The van der Waals surface area contributed by atoms with Crippen molar-refractivity contribution in [1.82, 2.24) is 5.32 Å². The van der Waals surface area contributed by atoms with Crippen molar-refractivity contribution in [3.05, 3.63) is 0 Å². The van der Waals surface area contributed by atoms with Crippen LogP contribution >= 0.6 is 23.5 Å². The highest BCUT2D eigenvalue weighted by Gasteiger charge is 2.29. The summed E-state index contributed by atoms with van der Waals surface area (Å²) in [4.78, 5) is 20.9. The molecule has 0 spiro atoms. The van der Waals surface area contributed by atoms with Crippen LogP contribution in [0.3, 0.4) is 0 Å². The van der Waals surface area contributed by atoms with Gasteiger partial charge in [0.25, 0.3) is 0 Å². The Morgan fingerprint density at radius 3 is 2.38 bits per heavy atom. The van der Waals surface area contributed by atoms with Crippen molar-refractivity contribution in [1.29, 1.82) is 0 Å². The Bertz CT molecular complexity index is 248. The summed E-state index contributed by atoms with van der Waals surface area (Å²) < 4.78 is 35.0. The van der Waals surface area contributed by atoms with Crippen LogP contribution in [0, 0.1) is 0 Å². The van der Waals surface area contributed by atoms with Gasteiger partial charge >= 0.3 is 11.5 Å². The lowest BCUT2D eigenvalue weighted by atomic mass is 10.6. The summed E-state index contributed by atoms with van der Waals surface area (Å²) in [6.07, 6.45) is 0. The molecule has 16 heavy (non-hydrogen) atoms. The first kappa shape index (κ1) is 15.4. The van der Waals surface area contributed by atoms with Crippen LogP contribution in [-0.2, 0) is 9.59 Å². The zero-order chi connectivity index (χ0) is 12.6. The Labute approximate surface area is 98.3 Å². The summed E-state index contributed by atoms with van der Waals surface area (Å²) in [5.74, 6) is -2.09. The summed E-state index contributed by atoms with van der Waals surface area (Å²) in [5.41, 5.74) is -4.41. The van der Waals surface area contributed by atoms with Gasteiger partial charge in [-0.25, -0.2) is 0 Å². The smallest absolute Gasteiger partial charge is 0.442 e. The van der Waals surface area contributed by atoms with E-state index in [1.54, 1.807) is 0 Å². The zero-order valence-electron chi connectivity index (χ0n) is 8.04. The van der Waals surface area contributed by atoms with E-state index in [4.69, 9.17) is 5.11 Å². The maximum absolute atomic E-state index is 11.7. The van der Waals surface area contributed by atoms with Crippen LogP contribution in [0.15, 0.2) is 0 Å². The molecule has 2 N–H and O–H groups in total. The second-order valence-electron chi connectivity index (χ2n) is 2.53. The van der Waals surface area contributed by atoms with Crippen molar-refractivity contribution in [3.63, 3.8) is 0 Å². The van der Waals surface area contributed by atoms with Crippen molar-refractivity contribution in [2.75, 3.05) is 23.8 Å². The first-order valence-corrected chi connectivity index (χ1v) is 6.22. The molecule has 0 radical (unpaired) electrons. The average Bonchev–Trinajstić information content (AvgIpc) is 2.12. The Morgan fingerprint density at radius 2 is 1.88 bits per heavy atom. The second kappa shape index (κ2) is 7.66. The van der Waals surface area contributed by atoms with Gasteiger partial charge in [0.2, 0.25) is 5.91 Å². The van der Waals surface area contributed by atoms with Gasteiger partial charge in [-0.1, -0.05) is 0 Å². The number of carboxylic acid groups (broad SMARTS) is 1. The van der Waals surface area contributed by atoms with Crippen LogP contribution in [0.25, 0.3) is 0 Å². The van der Waals surface area contributed by atoms with Gasteiger partial charge in [-0.05, 0) is 11.8 Å². The van der Waals surface area contributed by atoms with Crippen molar-refractivity contribution in [2.45, 2.75) is 5.51 Å². The van der Waals surface area contributed by atoms with Gasteiger partial charge in [-0.2, -0.15) is 13.2 Å². The molecule has 0 atom stereocenters. The fraction of sp³-hybridized carbons (Fsp3) is 0.714. The minimum atomic E-state index is -4.41. The van der Waals surface area contributed by atoms with E-state index >= 15 is 0 Å². The minimum Gasteiger partial charge on any atom is -0.481 e. The van der Waals surface area contributed by atoms with Crippen LogP contribution in [-0.4, -0.2) is 46.3 Å². The van der Waals surface area contributed by atoms with Crippen LogP contribution in [0.2, 0.25) is 0 Å². The van der Waals surface area contributed by atoms with E-state index in [0.717, 1.165) is 11.8 Å². The summed E-state index contributed by atoms with van der Waals surface area (Å²) >= 11 is 0.681. The lowest BCUT2D eigenvalue weighted by Gasteiger charge is -2.06. The van der Waals surface area contributed by atoms with Crippen LogP contribution in [0.4, 0.5) is 13.2 Å². The Balaban J connectivity index is 3.41. The van der Waals surface area contributed by atoms with Crippen molar-refractivity contribution < 1.29 is 27.9 Å². The first-order chi connectivity index (χ1) is 7.31. The molecular formula is C7H10F3NO3S2. The maximum Gasteiger partial charge on any atom is 0.442 e. The van der Waals surface area contributed by atoms with Crippen molar-refractivity contribution >= 4 is 35.4 Å². The highest BCUT2D eigenvalue weighted by molar-refractivity contribution is 8.00. The SMILES string of the molecule is O=C(O)CSCCNC(=O)CSC(F)(F)F. The second-order valence-corrected chi connectivity index (χ2v) is 4.68. The maximum atomic E-state index is 11.7. The number of hydrogen-bond acceptors (Lipinski definition) is 4. The lowest BCUT2D eigenvalue weighted by Crippen LogP contribution is -2.28. The first-order valence-electron chi connectivity index (χ1n) is 4.08. The van der Waals surface area contributed by atoms with Gasteiger partial charge < -0.3 is 10.4 Å². The normalized spacial score (nSPS) is 11.2. The van der Waals surface area contributed by atoms with Crippen LogP contribution in [0.5, 0.6) is 0 Å². The molecule has 0 bridgehead atoms. The van der Waals surface area contributed by atoms with Crippen molar-refractivity contribution in [3.8, 4) is 0 Å². The van der Waals surface area contributed by atoms with Gasteiger partial charge in [0, 0.05) is 12.3 Å². The standard InChI is InChI=1S/C7H10F3NO3S2/c8-7(9,10)16-3-5(12)11-1-2-15-4-6(13)14/h1-4H2,(H,11,12)(H,13,14). The molecule has 4 nitrogen and oxygen atoms in total. The van der Waals surface area contributed by atoms with E-state index in [-0.39, 0.29) is 12.3 Å². The van der Waals surface area contributed by atoms with E-state index < -0.39 is 34.9 Å². The molecule has 9 heteroatoms. The Hall–Kier alpha value is -0.570. The molecule has 0 aliphatic rings. The van der Waals surface area contributed by atoms with Crippen LogP contribution in [0.1, 0.15) is 0 Å². The highest BCUT2D eigenvalue weighted by atomic mass is 32.2. The van der Waals surface area contributed by atoms with E-state index in [1.165, 1.54) is 0 Å². The van der Waals surface area contributed by atoms with E-state index in [9.17, 15) is 22.8 Å². The van der Waals surface area contributed by atoms with Gasteiger partial charge in [-0.3, -0.25) is 9.59 Å². The predicted molar refractivity (Wildman–Crippen MR) is 56.5 cm³/mol. The van der Waals surface area contributed by atoms with Crippen molar-refractivity contribution in [2.24, 2.45) is 0 Å². The third-order valence-corrected chi connectivity index (χ3v) is 2.84. The molecule has 0 heterocycles. The number of carbonyl (C=O) groups excluding carboxylic acids is 1. The molecule has 0 rings (SSSR count). The summed E-state index contributed by atoms with van der Waals surface area (Å²) in [5, 5.41) is 10.5. The molecule has 0 unspecified atom stereocenters. The molecule has 0 fully saturated rings. The highest BCUT2D eigenvalue weighted by Crippen LogP contribution is 2.29. The molecule has 0 aliphatic heterocycles. The minimum absolute atomic E-state index is 0.0901. The Morgan fingerprint density at radius 1 is 1.25 bits per heavy atom. The molecule has 0 aromatic heterocycles. The van der Waals surface area contributed by atoms with Gasteiger partial charge in [0.1, 0.15) is 0 Å². The molecule has 0 saturated carbocycles. The lowest BCUT2D eigenvalue weighted by molar-refractivity contribution is -0.133. The molecule has 0 saturated heterocycles.